The van der Waals surface area contributed by atoms with Crippen LogP contribution >= 0.6 is 51.2 Å². The molecule has 0 saturated carbocycles. The zero-order valence-electron chi connectivity index (χ0n) is 12.9. The Hall–Kier alpha value is -0.740. The molecule has 2 aromatic rings. The summed E-state index contributed by atoms with van der Waals surface area (Å²) in [7, 11) is 1.69. The summed E-state index contributed by atoms with van der Waals surface area (Å²) in [6.45, 7) is 3.10. The van der Waals surface area contributed by atoms with E-state index in [1.807, 2.05) is 6.92 Å². The minimum Gasteiger partial charge on any atom is -0.356 e. The molecule has 0 saturated heterocycles. The summed E-state index contributed by atoms with van der Waals surface area (Å²) in [5.41, 5.74) is 1.66. The Balaban J connectivity index is 0.00000264. The average molecular weight is 513 g/mol. The molecule has 8 heteroatoms. The molecular weight excluding hydrogens is 494 g/mol. The third-order valence-corrected chi connectivity index (χ3v) is 4.33. The molecule has 2 rings (SSSR count). The van der Waals surface area contributed by atoms with Crippen molar-refractivity contribution in [2.24, 2.45) is 4.99 Å². The van der Waals surface area contributed by atoms with E-state index in [1.165, 1.54) is 6.07 Å². The maximum absolute atomic E-state index is 13.7. The van der Waals surface area contributed by atoms with Crippen LogP contribution in [0.25, 0.3) is 0 Å². The lowest BCUT2D eigenvalue weighted by Gasteiger charge is -2.12. The van der Waals surface area contributed by atoms with Gasteiger partial charge in [-0.15, -0.1) is 35.3 Å². The van der Waals surface area contributed by atoms with E-state index < -0.39 is 0 Å². The Morgan fingerprint density at radius 3 is 2.83 bits per heavy atom. The van der Waals surface area contributed by atoms with Gasteiger partial charge >= 0.3 is 0 Å². The van der Waals surface area contributed by atoms with Gasteiger partial charge in [0.15, 0.2) is 5.96 Å². The van der Waals surface area contributed by atoms with Crippen LogP contribution in [0.3, 0.4) is 0 Å². The molecule has 1 aromatic heterocycles. The van der Waals surface area contributed by atoms with E-state index in [0.717, 1.165) is 28.1 Å². The minimum atomic E-state index is -0.232. The smallest absolute Gasteiger partial charge is 0.191 e. The van der Waals surface area contributed by atoms with Crippen molar-refractivity contribution in [3.8, 4) is 0 Å². The molecule has 0 radical (unpaired) electrons. The van der Waals surface area contributed by atoms with Gasteiger partial charge in [-0.3, -0.25) is 4.99 Å². The van der Waals surface area contributed by atoms with Gasteiger partial charge in [-0.1, -0.05) is 15.9 Å². The van der Waals surface area contributed by atoms with Crippen LogP contribution in [0.5, 0.6) is 0 Å². The number of guanidine groups is 1. The first-order valence-corrected chi connectivity index (χ1v) is 8.55. The average Bonchev–Trinajstić information content (AvgIpc) is 2.91. The quantitative estimate of drug-likeness (QED) is 0.363. The molecule has 0 aliphatic heterocycles. The second-order valence-corrected chi connectivity index (χ2v) is 6.67. The Labute approximate surface area is 165 Å². The Kier molecular flexibility index (Phi) is 9.00. The van der Waals surface area contributed by atoms with E-state index >= 15 is 0 Å². The first kappa shape index (κ1) is 20.3. The summed E-state index contributed by atoms with van der Waals surface area (Å²) >= 11 is 4.99. The molecule has 0 aliphatic rings. The molecule has 0 spiro atoms. The highest BCUT2D eigenvalue weighted by molar-refractivity contribution is 14.0. The maximum Gasteiger partial charge on any atom is 0.191 e. The van der Waals surface area contributed by atoms with E-state index in [1.54, 1.807) is 30.5 Å². The van der Waals surface area contributed by atoms with Crippen LogP contribution < -0.4 is 10.6 Å². The highest BCUT2D eigenvalue weighted by atomic mass is 127. The van der Waals surface area contributed by atoms with Crippen LogP contribution in [-0.2, 0) is 13.0 Å². The van der Waals surface area contributed by atoms with Gasteiger partial charge in [-0.2, -0.15) is 0 Å². The SMILES string of the molecule is CN=C(NCCc1csc(C)n1)NCc1cc(Br)ccc1F.I. The van der Waals surface area contributed by atoms with Crippen LogP contribution in [0.2, 0.25) is 0 Å². The van der Waals surface area contributed by atoms with Crippen molar-refractivity contribution in [3.05, 3.63) is 50.1 Å². The molecular formula is C15H19BrFIN4S. The third kappa shape index (κ3) is 6.72. The van der Waals surface area contributed by atoms with E-state index in [-0.39, 0.29) is 29.8 Å². The fraction of sp³-hybridized carbons (Fsp3) is 0.333. The van der Waals surface area contributed by atoms with Gasteiger partial charge in [0, 0.05) is 42.0 Å². The van der Waals surface area contributed by atoms with Crippen molar-refractivity contribution < 1.29 is 4.39 Å². The normalized spacial score (nSPS) is 11.0. The zero-order chi connectivity index (χ0) is 15.9. The molecule has 0 aliphatic carbocycles. The Morgan fingerprint density at radius 2 is 2.17 bits per heavy atom. The number of nitrogens with one attached hydrogen (secondary N) is 2. The molecule has 1 aromatic carbocycles. The number of rotatable bonds is 5. The van der Waals surface area contributed by atoms with Gasteiger partial charge in [-0.25, -0.2) is 9.37 Å². The minimum absolute atomic E-state index is 0. The lowest BCUT2D eigenvalue weighted by molar-refractivity contribution is 0.604. The Bertz CT molecular complexity index is 663. The number of benzene rings is 1. The number of hydrogen-bond donors (Lipinski definition) is 2. The molecule has 0 unspecified atom stereocenters. The molecule has 4 nitrogen and oxygen atoms in total. The molecule has 0 atom stereocenters. The van der Waals surface area contributed by atoms with Crippen LogP contribution in [0, 0.1) is 12.7 Å². The van der Waals surface area contributed by atoms with Gasteiger partial charge in [-0.05, 0) is 25.1 Å². The summed E-state index contributed by atoms with van der Waals surface area (Å²) in [4.78, 5) is 8.55. The van der Waals surface area contributed by atoms with Gasteiger partial charge in [0.05, 0.1) is 10.7 Å². The largest absolute Gasteiger partial charge is 0.356 e. The number of thiazole rings is 1. The molecule has 2 N–H and O–H groups in total. The standard InChI is InChI=1S/C15H18BrFN4S.HI/c1-10-21-13(9-22-10)5-6-19-15(18-2)20-8-11-7-12(16)3-4-14(11)17;/h3-4,7,9H,5-6,8H2,1-2H3,(H2,18,19,20);1H. The van der Waals surface area contributed by atoms with Crippen LogP contribution in [-0.4, -0.2) is 24.5 Å². The fourth-order valence-corrected chi connectivity index (χ4v) is 2.97. The number of halogens is 3. The number of aromatic nitrogens is 1. The van der Waals surface area contributed by atoms with Gasteiger partial charge < -0.3 is 10.6 Å². The Morgan fingerprint density at radius 1 is 1.39 bits per heavy atom. The predicted molar refractivity (Wildman–Crippen MR) is 108 cm³/mol. The zero-order valence-corrected chi connectivity index (χ0v) is 17.6. The highest BCUT2D eigenvalue weighted by Gasteiger charge is 2.05. The fourth-order valence-electron chi connectivity index (χ4n) is 1.91. The van der Waals surface area contributed by atoms with Crippen molar-refractivity contribution in [2.45, 2.75) is 19.9 Å². The van der Waals surface area contributed by atoms with Crippen LogP contribution in [0.4, 0.5) is 4.39 Å². The number of aliphatic imine (C=N–C) groups is 1. The predicted octanol–water partition coefficient (Wildman–Crippen LogP) is 3.88. The lowest BCUT2D eigenvalue weighted by atomic mass is 10.2. The number of nitrogens with zero attached hydrogens (tertiary/aromatic N) is 2. The van der Waals surface area contributed by atoms with Crippen molar-refractivity contribution >= 4 is 57.2 Å². The second-order valence-electron chi connectivity index (χ2n) is 4.70. The van der Waals surface area contributed by atoms with Crippen molar-refractivity contribution in [3.63, 3.8) is 0 Å². The molecule has 0 amide bonds. The summed E-state index contributed by atoms with van der Waals surface area (Å²) in [6, 6.07) is 4.89. The van der Waals surface area contributed by atoms with Crippen molar-refractivity contribution in [2.75, 3.05) is 13.6 Å². The van der Waals surface area contributed by atoms with Gasteiger partial charge in [0.1, 0.15) is 5.82 Å². The molecule has 0 bridgehead atoms. The first-order chi connectivity index (χ1) is 10.6. The van der Waals surface area contributed by atoms with Crippen LogP contribution in [0.15, 0.2) is 33.0 Å². The van der Waals surface area contributed by atoms with Gasteiger partial charge in [0.2, 0.25) is 0 Å². The summed E-state index contributed by atoms with van der Waals surface area (Å²) in [5.74, 6) is 0.412. The summed E-state index contributed by atoms with van der Waals surface area (Å²) in [5, 5.41) is 9.44. The van der Waals surface area contributed by atoms with Gasteiger partial charge in [0.25, 0.3) is 0 Å². The molecule has 23 heavy (non-hydrogen) atoms. The molecule has 126 valence electrons. The lowest BCUT2D eigenvalue weighted by Crippen LogP contribution is -2.38. The van der Waals surface area contributed by atoms with E-state index in [2.05, 4.69) is 41.9 Å². The monoisotopic (exact) mass is 512 g/mol. The molecule has 0 fully saturated rings. The molecule has 1 heterocycles. The topological polar surface area (TPSA) is 49.3 Å². The van der Waals surface area contributed by atoms with Crippen molar-refractivity contribution in [1.82, 2.24) is 15.6 Å². The third-order valence-electron chi connectivity index (χ3n) is 3.02. The number of hydrogen-bond acceptors (Lipinski definition) is 3. The summed E-state index contributed by atoms with van der Waals surface area (Å²) < 4.78 is 14.5. The van der Waals surface area contributed by atoms with E-state index in [4.69, 9.17) is 0 Å². The summed E-state index contributed by atoms with van der Waals surface area (Å²) in [6.07, 6.45) is 0.830. The highest BCUT2D eigenvalue weighted by Crippen LogP contribution is 2.15. The maximum atomic E-state index is 13.7. The number of aryl methyl sites for hydroxylation is 1. The first-order valence-electron chi connectivity index (χ1n) is 6.88. The van der Waals surface area contributed by atoms with Crippen molar-refractivity contribution in [1.29, 1.82) is 0 Å². The second kappa shape index (κ2) is 10.2. The van der Waals surface area contributed by atoms with Crippen LogP contribution in [0.1, 0.15) is 16.3 Å². The van der Waals surface area contributed by atoms with E-state index in [9.17, 15) is 4.39 Å². The van der Waals surface area contributed by atoms with E-state index in [0.29, 0.717) is 18.1 Å².